The van der Waals surface area contributed by atoms with E-state index in [0.29, 0.717) is 30.2 Å². The summed E-state index contributed by atoms with van der Waals surface area (Å²) in [5.74, 6) is 1.48. The molecule has 0 bridgehead atoms. The number of hydrogen-bond acceptors (Lipinski definition) is 3. The first kappa shape index (κ1) is 25.5. The number of carbonyl (C=O) groups is 1. The third-order valence-electron chi connectivity index (χ3n) is 5.78. The van der Waals surface area contributed by atoms with Gasteiger partial charge in [-0.1, -0.05) is 19.8 Å². The highest BCUT2D eigenvalue weighted by molar-refractivity contribution is 14.0. The molecule has 164 valence electrons. The molecule has 0 aliphatic heterocycles. The normalized spacial score (nSPS) is 28.4. The van der Waals surface area contributed by atoms with Crippen LogP contribution in [0, 0.1) is 5.92 Å². The molecular formula is C21H41IN4O2. The number of amides is 1. The number of ether oxygens (including phenoxy) is 1. The maximum atomic E-state index is 12.0. The van der Waals surface area contributed by atoms with E-state index in [4.69, 9.17) is 4.74 Å². The molecule has 7 heteroatoms. The van der Waals surface area contributed by atoms with Crippen LogP contribution in [0.15, 0.2) is 4.99 Å². The molecule has 1 amide bonds. The molecule has 0 saturated heterocycles. The first-order valence-corrected chi connectivity index (χ1v) is 10.8. The van der Waals surface area contributed by atoms with E-state index in [1.54, 1.807) is 19.0 Å². The zero-order chi connectivity index (χ0) is 19.8. The SMILES string of the molecule is CC(C)OC1CCC(NC(=NCC(=O)N(C)C)NC2CCCCC2C)CC1.I. The predicted octanol–water partition coefficient (Wildman–Crippen LogP) is 3.54. The second-order valence-electron chi connectivity index (χ2n) is 8.77. The Morgan fingerprint density at radius 1 is 1.07 bits per heavy atom. The zero-order valence-electron chi connectivity index (χ0n) is 18.4. The third kappa shape index (κ3) is 8.84. The molecule has 0 spiro atoms. The van der Waals surface area contributed by atoms with E-state index >= 15 is 0 Å². The average molecular weight is 508 g/mol. The summed E-state index contributed by atoms with van der Waals surface area (Å²) in [6.45, 7) is 6.71. The summed E-state index contributed by atoms with van der Waals surface area (Å²) in [5.41, 5.74) is 0. The van der Waals surface area contributed by atoms with Crippen molar-refractivity contribution in [2.75, 3.05) is 20.6 Å². The number of hydrogen-bond donors (Lipinski definition) is 2. The van der Waals surface area contributed by atoms with Crippen molar-refractivity contribution in [2.45, 2.75) is 96.4 Å². The largest absolute Gasteiger partial charge is 0.376 e. The van der Waals surface area contributed by atoms with E-state index in [9.17, 15) is 4.79 Å². The standard InChI is InChI=1S/C21H40N4O2.HI/c1-15(2)27-18-12-10-17(11-13-18)23-21(22-14-20(26)25(4)5)24-19-9-7-6-8-16(19)3;/h15-19H,6-14H2,1-5H3,(H2,22,23,24);1H. The summed E-state index contributed by atoms with van der Waals surface area (Å²) in [7, 11) is 3.55. The molecular weight excluding hydrogens is 467 g/mol. The molecule has 2 N–H and O–H groups in total. The lowest BCUT2D eigenvalue weighted by atomic mass is 9.86. The summed E-state index contributed by atoms with van der Waals surface area (Å²) < 4.78 is 5.96. The van der Waals surface area contributed by atoms with Crippen LogP contribution >= 0.6 is 24.0 Å². The van der Waals surface area contributed by atoms with E-state index in [2.05, 4.69) is 36.4 Å². The van der Waals surface area contributed by atoms with Gasteiger partial charge < -0.3 is 20.3 Å². The molecule has 2 atom stereocenters. The van der Waals surface area contributed by atoms with E-state index in [1.165, 1.54) is 25.7 Å². The van der Waals surface area contributed by atoms with Gasteiger partial charge in [-0.05, 0) is 58.3 Å². The van der Waals surface area contributed by atoms with Gasteiger partial charge in [0.2, 0.25) is 5.91 Å². The molecule has 0 aromatic heterocycles. The number of aliphatic imine (C=N–C) groups is 1. The number of rotatable bonds is 6. The lowest BCUT2D eigenvalue weighted by Crippen LogP contribution is -2.51. The van der Waals surface area contributed by atoms with Crippen LogP contribution in [0.25, 0.3) is 0 Å². The third-order valence-corrected chi connectivity index (χ3v) is 5.78. The van der Waals surface area contributed by atoms with Crippen LogP contribution in [0.1, 0.15) is 72.1 Å². The van der Waals surface area contributed by atoms with Crippen LogP contribution in [0.4, 0.5) is 0 Å². The molecule has 2 fully saturated rings. The minimum atomic E-state index is 0. The molecule has 0 heterocycles. The molecule has 0 aromatic carbocycles. The molecule has 28 heavy (non-hydrogen) atoms. The molecule has 2 aliphatic carbocycles. The lowest BCUT2D eigenvalue weighted by Gasteiger charge is -2.34. The second kappa shape index (κ2) is 12.9. The van der Waals surface area contributed by atoms with E-state index in [1.807, 2.05) is 0 Å². The van der Waals surface area contributed by atoms with Gasteiger partial charge in [0.25, 0.3) is 0 Å². The predicted molar refractivity (Wildman–Crippen MR) is 126 cm³/mol. The van der Waals surface area contributed by atoms with Gasteiger partial charge in [0.1, 0.15) is 6.54 Å². The number of guanidine groups is 1. The summed E-state index contributed by atoms with van der Waals surface area (Å²) in [5, 5.41) is 7.23. The summed E-state index contributed by atoms with van der Waals surface area (Å²) >= 11 is 0. The van der Waals surface area contributed by atoms with E-state index in [-0.39, 0.29) is 36.4 Å². The van der Waals surface area contributed by atoms with Crippen LogP contribution in [0.5, 0.6) is 0 Å². The first-order valence-electron chi connectivity index (χ1n) is 10.8. The molecule has 2 rings (SSSR count). The van der Waals surface area contributed by atoms with Crippen molar-refractivity contribution >= 4 is 35.8 Å². The molecule has 2 unspecified atom stereocenters. The minimum Gasteiger partial charge on any atom is -0.376 e. The number of nitrogens with one attached hydrogen (secondary N) is 2. The quantitative estimate of drug-likeness (QED) is 0.327. The topological polar surface area (TPSA) is 66.0 Å². The summed E-state index contributed by atoms with van der Waals surface area (Å²) in [4.78, 5) is 18.2. The van der Waals surface area contributed by atoms with Crippen molar-refractivity contribution in [3.8, 4) is 0 Å². The van der Waals surface area contributed by atoms with Gasteiger partial charge in [0, 0.05) is 26.2 Å². The van der Waals surface area contributed by atoms with Crippen LogP contribution in [-0.2, 0) is 9.53 Å². The van der Waals surface area contributed by atoms with Crippen LogP contribution in [0.2, 0.25) is 0 Å². The Balaban J connectivity index is 0.00000392. The fourth-order valence-corrected chi connectivity index (χ4v) is 4.05. The highest BCUT2D eigenvalue weighted by Gasteiger charge is 2.26. The van der Waals surface area contributed by atoms with E-state index < -0.39 is 0 Å². The molecule has 0 aromatic rings. The average Bonchev–Trinajstić information content (AvgIpc) is 2.62. The Hall–Kier alpha value is -0.570. The summed E-state index contributed by atoms with van der Waals surface area (Å²) in [6, 6.07) is 0.844. The highest BCUT2D eigenvalue weighted by atomic mass is 127. The molecule has 0 radical (unpaired) electrons. The number of carbonyl (C=O) groups excluding carboxylic acids is 1. The Kier molecular flexibility index (Phi) is 11.7. The van der Waals surface area contributed by atoms with Crippen molar-refractivity contribution in [3.05, 3.63) is 0 Å². The van der Waals surface area contributed by atoms with Crippen LogP contribution in [0.3, 0.4) is 0 Å². The number of halogens is 1. The van der Waals surface area contributed by atoms with Crippen LogP contribution in [-0.4, -0.2) is 61.7 Å². The van der Waals surface area contributed by atoms with Crippen molar-refractivity contribution in [1.29, 1.82) is 0 Å². The lowest BCUT2D eigenvalue weighted by molar-refractivity contribution is -0.127. The first-order chi connectivity index (χ1) is 12.8. The fourth-order valence-electron chi connectivity index (χ4n) is 4.05. The van der Waals surface area contributed by atoms with Gasteiger partial charge in [0.05, 0.1) is 12.2 Å². The summed E-state index contributed by atoms with van der Waals surface area (Å²) in [6.07, 6.45) is 10.0. The van der Waals surface area contributed by atoms with Crippen molar-refractivity contribution in [2.24, 2.45) is 10.9 Å². The van der Waals surface area contributed by atoms with Gasteiger partial charge in [-0.15, -0.1) is 24.0 Å². The van der Waals surface area contributed by atoms with Gasteiger partial charge in [-0.25, -0.2) is 4.99 Å². The van der Waals surface area contributed by atoms with Crippen molar-refractivity contribution in [3.63, 3.8) is 0 Å². The molecule has 2 saturated carbocycles. The van der Waals surface area contributed by atoms with Crippen molar-refractivity contribution in [1.82, 2.24) is 15.5 Å². The smallest absolute Gasteiger partial charge is 0.243 e. The second-order valence-corrected chi connectivity index (χ2v) is 8.77. The maximum absolute atomic E-state index is 12.0. The minimum absolute atomic E-state index is 0. The van der Waals surface area contributed by atoms with Gasteiger partial charge in [-0.2, -0.15) is 0 Å². The van der Waals surface area contributed by atoms with Crippen LogP contribution < -0.4 is 10.6 Å². The fraction of sp³-hybridized carbons (Fsp3) is 0.905. The maximum Gasteiger partial charge on any atom is 0.243 e. The number of likely N-dealkylation sites (N-methyl/N-ethyl adjacent to an activating group) is 1. The zero-order valence-corrected chi connectivity index (χ0v) is 20.7. The Morgan fingerprint density at radius 3 is 2.29 bits per heavy atom. The van der Waals surface area contributed by atoms with Gasteiger partial charge in [0.15, 0.2) is 5.96 Å². The van der Waals surface area contributed by atoms with Gasteiger partial charge >= 0.3 is 0 Å². The number of nitrogens with zero attached hydrogens (tertiary/aromatic N) is 2. The molecule has 6 nitrogen and oxygen atoms in total. The monoisotopic (exact) mass is 508 g/mol. The highest BCUT2D eigenvalue weighted by Crippen LogP contribution is 2.24. The Labute approximate surface area is 188 Å². The molecule has 2 aliphatic rings. The Bertz CT molecular complexity index is 491. The Morgan fingerprint density at radius 2 is 1.71 bits per heavy atom. The van der Waals surface area contributed by atoms with E-state index in [0.717, 1.165) is 31.6 Å². The van der Waals surface area contributed by atoms with Gasteiger partial charge in [-0.3, -0.25) is 4.79 Å². The van der Waals surface area contributed by atoms with Crippen molar-refractivity contribution < 1.29 is 9.53 Å².